The maximum atomic E-state index is 10.6. The third kappa shape index (κ3) is 3.42. The molecule has 0 atom stereocenters. The van der Waals surface area contributed by atoms with Gasteiger partial charge in [0.25, 0.3) is 0 Å². The summed E-state index contributed by atoms with van der Waals surface area (Å²) in [6, 6.07) is 30.4. The van der Waals surface area contributed by atoms with Crippen LogP contribution in [0.1, 0.15) is 0 Å². The Balaban J connectivity index is 0.000000613. The highest BCUT2D eigenvalue weighted by Gasteiger charge is 2.14. The van der Waals surface area contributed by atoms with Crippen molar-refractivity contribution >= 4 is 17.2 Å². The van der Waals surface area contributed by atoms with E-state index in [4.69, 9.17) is 4.79 Å². The quantitative estimate of drug-likeness (QED) is 0.505. The van der Waals surface area contributed by atoms with Gasteiger partial charge in [0.05, 0.1) is 0 Å². The smallest absolute Gasteiger partial charge is 0.204 e. The zero-order valence-corrected chi connectivity index (χ0v) is 14.2. The number of amides is 1. The average Bonchev–Trinajstić information content (AvgIpc) is 2.69. The van der Waals surface area contributed by atoms with Crippen LogP contribution in [0, 0.1) is 0 Å². The predicted molar refractivity (Wildman–Crippen MR) is 107 cm³/mol. The van der Waals surface area contributed by atoms with Gasteiger partial charge < -0.3 is 10.8 Å². The van der Waals surface area contributed by atoms with E-state index < -0.39 is 0 Å². The lowest BCUT2D eigenvalue weighted by molar-refractivity contribution is -0.106. The molecule has 0 heterocycles. The van der Waals surface area contributed by atoms with Crippen molar-refractivity contribution in [1.82, 2.24) is 0 Å². The Hall–Kier alpha value is -3.59. The maximum Gasteiger partial charge on any atom is 0.204 e. The minimum Gasteiger partial charge on any atom is -0.507 e. The molecular formula is C23H19NO2. The standard InChI is InChI=1S/C22H16O.CH3NO/c23-21-15-7-13-19(17-8-2-1-3-9-17)22(21)20-14-6-11-16-10-4-5-12-18(16)20;2-1-3/h1-15,23H;1H,(H2,2,3). The van der Waals surface area contributed by atoms with Gasteiger partial charge in [0.1, 0.15) is 5.75 Å². The fourth-order valence-corrected chi connectivity index (χ4v) is 3.12. The molecule has 4 rings (SSSR count). The second-order valence-corrected chi connectivity index (χ2v) is 5.73. The number of phenols is 1. The van der Waals surface area contributed by atoms with E-state index in [1.165, 1.54) is 5.39 Å². The Morgan fingerprint density at radius 3 is 2.04 bits per heavy atom. The first-order chi connectivity index (χ1) is 12.8. The molecule has 3 N–H and O–H groups in total. The van der Waals surface area contributed by atoms with E-state index in [0.717, 1.165) is 27.6 Å². The van der Waals surface area contributed by atoms with Crippen LogP contribution >= 0.6 is 0 Å². The number of carbonyl (C=O) groups excluding carboxylic acids is 1. The van der Waals surface area contributed by atoms with Gasteiger partial charge in [0.2, 0.25) is 6.41 Å². The molecule has 26 heavy (non-hydrogen) atoms. The fraction of sp³-hybridized carbons (Fsp3) is 0. The zero-order chi connectivity index (χ0) is 18.4. The highest BCUT2D eigenvalue weighted by Crippen LogP contribution is 2.41. The molecule has 0 unspecified atom stereocenters. The van der Waals surface area contributed by atoms with E-state index in [0.29, 0.717) is 5.75 Å². The number of benzene rings is 4. The Kier molecular flexibility index (Phi) is 5.30. The molecule has 0 aromatic heterocycles. The number of aromatic hydroxyl groups is 1. The molecule has 4 aromatic carbocycles. The van der Waals surface area contributed by atoms with Crippen LogP contribution in [0.25, 0.3) is 33.0 Å². The second-order valence-electron chi connectivity index (χ2n) is 5.73. The summed E-state index contributed by atoms with van der Waals surface area (Å²) >= 11 is 0. The molecule has 0 bridgehead atoms. The van der Waals surface area contributed by atoms with Crippen molar-refractivity contribution in [2.45, 2.75) is 0 Å². The van der Waals surface area contributed by atoms with Crippen LogP contribution in [-0.4, -0.2) is 11.5 Å². The Morgan fingerprint density at radius 2 is 1.27 bits per heavy atom. The lowest BCUT2D eigenvalue weighted by atomic mass is 9.91. The molecule has 0 aliphatic heterocycles. The van der Waals surface area contributed by atoms with Crippen molar-refractivity contribution in [3.8, 4) is 28.0 Å². The topological polar surface area (TPSA) is 63.3 Å². The van der Waals surface area contributed by atoms with Gasteiger partial charge in [-0.2, -0.15) is 0 Å². The number of nitrogens with two attached hydrogens (primary N) is 1. The molecule has 3 heteroatoms. The molecule has 0 spiro atoms. The average molecular weight is 341 g/mol. The lowest BCUT2D eigenvalue weighted by Gasteiger charge is -2.14. The summed E-state index contributed by atoms with van der Waals surface area (Å²) in [4.78, 5) is 8.58. The van der Waals surface area contributed by atoms with Gasteiger partial charge in [-0.25, -0.2) is 0 Å². The lowest BCUT2D eigenvalue weighted by Crippen LogP contribution is -1.87. The monoisotopic (exact) mass is 341 g/mol. The number of primary amides is 1. The molecule has 0 aliphatic rings. The fourth-order valence-electron chi connectivity index (χ4n) is 3.12. The summed E-state index contributed by atoms with van der Waals surface area (Å²) in [5.74, 6) is 0.308. The number of hydrogen-bond acceptors (Lipinski definition) is 2. The van der Waals surface area contributed by atoms with Crippen LogP contribution in [0.3, 0.4) is 0 Å². The molecule has 0 aliphatic carbocycles. The number of fused-ring (bicyclic) bond motifs is 1. The third-order valence-electron chi connectivity index (χ3n) is 4.19. The molecule has 3 nitrogen and oxygen atoms in total. The molecule has 0 saturated heterocycles. The maximum absolute atomic E-state index is 10.6. The normalized spacial score (nSPS) is 10.0. The van der Waals surface area contributed by atoms with Gasteiger partial charge in [-0.3, -0.25) is 4.79 Å². The molecule has 0 fully saturated rings. The molecular weight excluding hydrogens is 322 g/mol. The second kappa shape index (κ2) is 7.99. The van der Waals surface area contributed by atoms with Gasteiger partial charge in [-0.15, -0.1) is 0 Å². The first-order valence-corrected chi connectivity index (χ1v) is 8.27. The van der Waals surface area contributed by atoms with Crippen LogP contribution in [-0.2, 0) is 4.79 Å². The minimum absolute atomic E-state index is 0.250. The Bertz CT molecular complexity index is 1020. The van der Waals surface area contributed by atoms with Crippen LogP contribution in [0.5, 0.6) is 5.75 Å². The highest BCUT2D eigenvalue weighted by molar-refractivity contribution is 6.02. The number of hydrogen-bond donors (Lipinski definition) is 2. The van der Waals surface area contributed by atoms with Crippen LogP contribution in [0.2, 0.25) is 0 Å². The first kappa shape index (κ1) is 17.2. The van der Waals surface area contributed by atoms with E-state index in [2.05, 4.69) is 48.2 Å². The van der Waals surface area contributed by atoms with Gasteiger partial charge in [-0.1, -0.05) is 84.9 Å². The van der Waals surface area contributed by atoms with Gasteiger partial charge in [0.15, 0.2) is 0 Å². The van der Waals surface area contributed by atoms with Gasteiger partial charge in [0, 0.05) is 5.56 Å². The van der Waals surface area contributed by atoms with Crippen molar-refractivity contribution in [2.24, 2.45) is 5.73 Å². The van der Waals surface area contributed by atoms with E-state index >= 15 is 0 Å². The van der Waals surface area contributed by atoms with Crippen molar-refractivity contribution in [3.63, 3.8) is 0 Å². The van der Waals surface area contributed by atoms with E-state index in [1.54, 1.807) is 6.07 Å². The molecule has 0 saturated carbocycles. The number of phenolic OH excluding ortho intramolecular Hbond substituents is 1. The van der Waals surface area contributed by atoms with Crippen LogP contribution < -0.4 is 5.73 Å². The minimum atomic E-state index is 0.250. The summed E-state index contributed by atoms with van der Waals surface area (Å²) < 4.78 is 0. The summed E-state index contributed by atoms with van der Waals surface area (Å²) in [6.45, 7) is 0. The molecule has 0 radical (unpaired) electrons. The van der Waals surface area contributed by atoms with Crippen LogP contribution in [0.15, 0.2) is 91.0 Å². The summed E-state index contributed by atoms with van der Waals surface area (Å²) in [5.41, 5.74) is 8.25. The summed E-state index contributed by atoms with van der Waals surface area (Å²) in [7, 11) is 0. The molecule has 1 amide bonds. The van der Waals surface area contributed by atoms with Crippen LogP contribution in [0.4, 0.5) is 0 Å². The predicted octanol–water partition coefficient (Wildman–Crippen LogP) is 4.98. The van der Waals surface area contributed by atoms with E-state index in [1.807, 2.05) is 42.5 Å². The Morgan fingerprint density at radius 1 is 0.692 bits per heavy atom. The third-order valence-corrected chi connectivity index (χ3v) is 4.19. The highest BCUT2D eigenvalue weighted by atomic mass is 16.3. The largest absolute Gasteiger partial charge is 0.507 e. The number of carbonyl (C=O) groups is 1. The van der Waals surface area contributed by atoms with E-state index in [-0.39, 0.29) is 6.41 Å². The van der Waals surface area contributed by atoms with Crippen molar-refractivity contribution in [2.75, 3.05) is 0 Å². The van der Waals surface area contributed by atoms with Crippen molar-refractivity contribution in [3.05, 3.63) is 91.0 Å². The number of rotatable bonds is 2. The van der Waals surface area contributed by atoms with Gasteiger partial charge >= 0.3 is 0 Å². The van der Waals surface area contributed by atoms with E-state index in [9.17, 15) is 5.11 Å². The Labute approximate surface area is 152 Å². The SMILES string of the molecule is NC=O.Oc1cccc(-c2ccccc2)c1-c1cccc2ccccc12. The van der Waals surface area contributed by atoms with Crippen molar-refractivity contribution < 1.29 is 9.90 Å². The summed E-state index contributed by atoms with van der Waals surface area (Å²) in [5, 5.41) is 12.9. The summed E-state index contributed by atoms with van der Waals surface area (Å²) in [6.07, 6.45) is 0.250. The first-order valence-electron chi connectivity index (χ1n) is 8.27. The molecule has 4 aromatic rings. The van der Waals surface area contributed by atoms with Crippen molar-refractivity contribution in [1.29, 1.82) is 0 Å². The molecule has 128 valence electrons. The zero-order valence-electron chi connectivity index (χ0n) is 14.2. The van der Waals surface area contributed by atoms with Gasteiger partial charge in [-0.05, 0) is 33.5 Å².